The van der Waals surface area contributed by atoms with Crippen LogP contribution in [-0.4, -0.2) is 12.0 Å². The molecule has 2 N–H and O–H groups in total. The standard InChI is InChI=1S/C9H9Cl2NO2/c1-5(9(12)13)14-6-2-3-7(10)8(11)4-6/h2-5H,1H3,(H2,12,13)/t5-/m0/s1. The highest BCUT2D eigenvalue weighted by Crippen LogP contribution is 2.26. The summed E-state index contributed by atoms with van der Waals surface area (Å²) in [5.74, 6) is -0.0678. The Hall–Kier alpha value is -0.930. The van der Waals surface area contributed by atoms with Gasteiger partial charge in [-0.15, -0.1) is 0 Å². The second-order valence-electron chi connectivity index (χ2n) is 2.74. The predicted octanol–water partition coefficient (Wildman–Crippen LogP) is 2.25. The smallest absolute Gasteiger partial charge is 0.258 e. The lowest BCUT2D eigenvalue weighted by Crippen LogP contribution is -2.30. The van der Waals surface area contributed by atoms with Gasteiger partial charge in [0.15, 0.2) is 6.10 Å². The highest BCUT2D eigenvalue weighted by Gasteiger charge is 2.10. The fourth-order valence-corrected chi connectivity index (χ4v) is 1.10. The molecule has 1 aromatic rings. The molecule has 1 amide bonds. The monoisotopic (exact) mass is 233 g/mol. The molecule has 3 nitrogen and oxygen atoms in total. The highest BCUT2D eigenvalue weighted by atomic mass is 35.5. The van der Waals surface area contributed by atoms with Crippen LogP contribution in [0.2, 0.25) is 10.0 Å². The summed E-state index contributed by atoms with van der Waals surface area (Å²) in [6.45, 7) is 1.56. The van der Waals surface area contributed by atoms with Gasteiger partial charge >= 0.3 is 0 Å². The van der Waals surface area contributed by atoms with E-state index in [1.54, 1.807) is 19.1 Å². The van der Waals surface area contributed by atoms with E-state index >= 15 is 0 Å². The molecular formula is C9H9Cl2NO2. The molecule has 0 fully saturated rings. The number of amides is 1. The number of carbonyl (C=O) groups is 1. The molecule has 5 heteroatoms. The number of hydrogen-bond donors (Lipinski definition) is 1. The van der Waals surface area contributed by atoms with Gasteiger partial charge in [0, 0.05) is 6.07 Å². The predicted molar refractivity (Wildman–Crippen MR) is 55.7 cm³/mol. The zero-order chi connectivity index (χ0) is 10.7. The van der Waals surface area contributed by atoms with Crippen LogP contribution < -0.4 is 10.5 Å². The van der Waals surface area contributed by atoms with Crippen LogP contribution in [0.4, 0.5) is 0 Å². The fourth-order valence-electron chi connectivity index (χ4n) is 0.812. The number of benzene rings is 1. The summed E-state index contributed by atoms with van der Waals surface area (Å²) in [7, 11) is 0. The number of nitrogens with two attached hydrogens (primary N) is 1. The molecule has 14 heavy (non-hydrogen) atoms. The van der Waals surface area contributed by atoms with Crippen LogP contribution >= 0.6 is 23.2 Å². The van der Waals surface area contributed by atoms with Gasteiger partial charge in [0.05, 0.1) is 10.0 Å². The summed E-state index contributed by atoms with van der Waals surface area (Å²) in [5.41, 5.74) is 5.03. The van der Waals surface area contributed by atoms with Crippen LogP contribution in [0.3, 0.4) is 0 Å². The lowest BCUT2D eigenvalue weighted by atomic mass is 10.3. The molecule has 0 aliphatic heterocycles. The van der Waals surface area contributed by atoms with E-state index in [0.717, 1.165) is 0 Å². The van der Waals surface area contributed by atoms with Gasteiger partial charge in [0.2, 0.25) is 0 Å². The molecule has 0 aliphatic rings. The van der Waals surface area contributed by atoms with E-state index in [1.165, 1.54) is 6.07 Å². The summed E-state index contributed by atoms with van der Waals surface area (Å²) in [6, 6.07) is 4.74. The maximum absolute atomic E-state index is 10.7. The summed E-state index contributed by atoms with van der Waals surface area (Å²) in [5, 5.41) is 0.812. The second-order valence-corrected chi connectivity index (χ2v) is 3.55. The van der Waals surface area contributed by atoms with Gasteiger partial charge in [-0.1, -0.05) is 23.2 Å². The summed E-state index contributed by atoms with van der Waals surface area (Å²) < 4.78 is 5.19. The summed E-state index contributed by atoms with van der Waals surface area (Å²) in [6.07, 6.45) is -0.688. The van der Waals surface area contributed by atoms with Crippen LogP contribution in [0.5, 0.6) is 5.75 Å². The molecule has 0 spiro atoms. The topological polar surface area (TPSA) is 52.3 Å². The molecule has 0 aromatic heterocycles. The van der Waals surface area contributed by atoms with Gasteiger partial charge < -0.3 is 10.5 Å². The van der Waals surface area contributed by atoms with Gasteiger partial charge in [-0.2, -0.15) is 0 Å². The van der Waals surface area contributed by atoms with Crippen molar-refractivity contribution in [2.45, 2.75) is 13.0 Å². The van der Waals surface area contributed by atoms with Crippen molar-refractivity contribution in [3.63, 3.8) is 0 Å². The molecule has 0 saturated heterocycles. The van der Waals surface area contributed by atoms with Crippen LogP contribution in [0, 0.1) is 0 Å². The zero-order valence-corrected chi connectivity index (χ0v) is 8.97. The molecule has 0 heterocycles. The van der Waals surface area contributed by atoms with E-state index in [2.05, 4.69) is 0 Å². The molecule has 0 aliphatic carbocycles. The number of halogens is 2. The molecule has 0 saturated carbocycles. The van der Waals surface area contributed by atoms with Gasteiger partial charge in [0.1, 0.15) is 5.75 Å². The normalized spacial score (nSPS) is 12.2. The average molecular weight is 234 g/mol. The first-order valence-corrected chi connectivity index (χ1v) is 4.67. The van der Waals surface area contributed by atoms with Crippen molar-refractivity contribution < 1.29 is 9.53 Å². The third-order valence-electron chi connectivity index (χ3n) is 1.60. The molecule has 0 bridgehead atoms. The summed E-state index contributed by atoms with van der Waals surface area (Å²) >= 11 is 11.4. The minimum Gasteiger partial charge on any atom is -0.481 e. The van der Waals surface area contributed by atoms with Gasteiger partial charge in [-0.05, 0) is 19.1 Å². The highest BCUT2D eigenvalue weighted by molar-refractivity contribution is 6.42. The average Bonchev–Trinajstić information content (AvgIpc) is 2.11. The van der Waals surface area contributed by atoms with Crippen LogP contribution in [0.25, 0.3) is 0 Å². The first kappa shape index (κ1) is 11.1. The maximum Gasteiger partial charge on any atom is 0.258 e. The van der Waals surface area contributed by atoms with Gasteiger partial charge in [-0.3, -0.25) is 4.79 Å². The van der Waals surface area contributed by atoms with Crippen molar-refractivity contribution >= 4 is 29.1 Å². The van der Waals surface area contributed by atoms with E-state index in [1.807, 2.05) is 0 Å². The summed E-state index contributed by atoms with van der Waals surface area (Å²) in [4.78, 5) is 10.7. The number of primary amides is 1. The van der Waals surface area contributed by atoms with E-state index in [0.29, 0.717) is 15.8 Å². The zero-order valence-electron chi connectivity index (χ0n) is 7.46. The van der Waals surface area contributed by atoms with Gasteiger partial charge in [-0.25, -0.2) is 0 Å². The minimum atomic E-state index is -0.688. The Labute approximate surface area is 91.7 Å². The molecular weight excluding hydrogens is 225 g/mol. The first-order valence-electron chi connectivity index (χ1n) is 3.91. The van der Waals surface area contributed by atoms with Crippen molar-refractivity contribution in [3.8, 4) is 5.75 Å². The Morgan fingerprint density at radius 2 is 2.07 bits per heavy atom. The molecule has 0 unspecified atom stereocenters. The Kier molecular flexibility index (Phi) is 3.61. The van der Waals surface area contributed by atoms with Crippen molar-refractivity contribution in [1.82, 2.24) is 0 Å². The third kappa shape index (κ3) is 2.79. The Morgan fingerprint density at radius 3 is 2.57 bits per heavy atom. The Balaban J connectivity index is 2.78. The lowest BCUT2D eigenvalue weighted by molar-refractivity contribution is -0.123. The van der Waals surface area contributed by atoms with Crippen LogP contribution in [0.15, 0.2) is 18.2 Å². The second kappa shape index (κ2) is 4.53. The van der Waals surface area contributed by atoms with Crippen molar-refractivity contribution in [3.05, 3.63) is 28.2 Å². The maximum atomic E-state index is 10.7. The Bertz CT molecular complexity index is 355. The quantitative estimate of drug-likeness (QED) is 0.871. The van der Waals surface area contributed by atoms with Crippen molar-refractivity contribution in [1.29, 1.82) is 0 Å². The molecule has 76 valence electrons. The number of ether oxygens (including phenoxy) is 1. The van der Waals surface area contributed by atoms with Gasteiger partial charge in [0.25, 0.3) is 5.91 Å². The first-order chi connectivity index (χ1) is 6.50. The van der Waals surface area contributed by atoms with Crippen molar-refractivity contribution in [2.75, 3.05) is 0 Å². The van der Waals surface area contributed by atoms with E-state index in [4.69, 9.17) is 33.7 Å². The molecule has 1 rings (SSSR count). The largest absolute Gasteiger partial charge is 0.481 e. The number of hydrogen-bond acceptors (Lipinski definition) is 2. The SMILES string of the molecule is C[C@H](Oc1ccc(Cl)c(Cl)c1)C(N)=O. The van der Waals surface area contributed by atoms with Crippen LogP contribution in [0.1, 0.15) is 6.92 Å². The number of carbonyl (C=O) groups excluding carboxylic acids is 1. The van der Waals surface area contributed by atoms with E-state index < -0.39 is 12.0 Å². The molecule has 1 atom stereocenters. The number of rotatable bonds is 3. The lowest BCUT2D eigenvalue weighted by Gasteiger charge is -2.11. The fraction of sp³-hybridized carbons (Fsp3) is 0.222. The van der Waals surface area contributed by atoms with E-state index in [-0.39, 0.29) is 0 Å². The minimum absolute atomic E-state index is 0.376. The third-order valence-corrected chi connectivity index (χ3v) is 2.34. The van der Waals surface area contributed by atoms with Crippen molar-refractivity contribution in [2.24, 2.45) is 5.73 Å². The molecule has 1 aromatic carbocycles. The van der Waals surface area contributed by atoms with Crippen LogP contribution in [-0.2, 0) is 4.79 Å². The molecule has 0 radical (unpaired) electrons. The van der Waals surface area contributed by atoms with E-state index in [9.17, 15) is 4.79 Å². The Morgan fingerprint density at radius 1 is 1.43 bits per heavy atom.